The van der Waals surface area contributed by atoms with Gasteiger partial charge in [0.15, 0.2) is 0 Å². The number of hydrogen-bond acceptors (Lipinski definition) is 8. The van der Waals surface area contributed by atoms with Gasteiger partial charge in [-0.05, 0) is 60.3 Å². The molecule has 2 aliphatic heterocycles. The molecule has 1 aromatic carbocycles. The number of carboxylic acid groups (broad SMARTS) is 2. The fourth-order valence-electron chi connectivity index (χ4n) is 4.89. The molecule has 0 radical (unpaired) electrons. The number of aliphatic carboxylic acids is 1. The number of piperazine rings is 1. The maximum atomic E-state index is 17.3. The molecule has 3 heterocycles. The Morgan fingerprint density at radius 1 is 1.09 bits per heavy atom. The van der Waals surface area contributed by atoms with Crippen LogP contribution in [0.2, 0.25) is 0 Å². The first-order valence-electron chi connectivity index (χ1n) is 13.8. The molecule has 44 heavy (non-hydrogen) atoms. The number of fused-ring (bicyclic) bond motifs is 1. The maximum absolute atomic E-state index is 17.3. The molecule has 2 aromatic rings. The van der Waals surface area contributed by atoms with Crippen molar-refractivity contribution < 1.29 is 47.5 Å². The van der Waals surface area contributed by atoms with E-state index in [1.165, 1.54) is 9.80 Å². The van der Waals surface area contributed by atoms with Gasteiger partial charge in [-0.2, -0.15) is 3.89 Å². The molecule has 4 rings (SSSR count). The van der Waals surface area contributed by atoms with E-state index in [9.17, 15) is 34.2 Å². The number of pyridine rings is 1. The number of nitrogens with one attached hydrogen (secondary N) is 1. The molecule has 0 aliphatic carbocycles. The zero-order chi connectivity index (χ0) is 32.2. The average molecular weight is 635 g/mol. The van der Waals surface area contributed by atoms with Gasteiger partial charge in [-0.25, -0.2) is 9.59 Å². The molecule has 2 aliphatic rings. The van der Waals surface area contributed by atoms with Crippen molar-refractivity contribution in [1.29, 1.82) is 0 Å². The van der Waals surface area contributed by atoms with Gasteiger partial charge in [-0.15, -0.1) is 0 Å². The standard InChI is InChI=1S/C29H35FN4O9S/c1-3-42-28(39)34-14-12-33(13-15-34)26(37)23(8-9-25(35)36)32-27(38)44(2,30,29(40)41)16-10-20(19-44)18-43-22-7-6-21-5-4-11-31-24(21)17-22/h4-7,10-11,16-17,19,23H,3,8-9,12-15,18H2,1-2H3,(H,32,38)(H,35,36)(H,40,41). The summed E-state index contributed by atoms with van der Waals surface area (Å²) in [6, 6.07) is 7.23. The summed E-state index contributed by atoms with van der Waals surface area (Å²) in [4.78, 5) is 70.1. The van der Waals surface area contributed by atoms with E-state index < -0.39 is 56.1 Å². The molecule has 0 saturated carbocycles. The van der Waals surface area contributed by atoms with Crippen LogP contribution in [0.25, 0.3) is 10.9 Å². The van der Waals surface area contributed by atoms with Crippen molar-refractivity contribution in [1.82, 2.24) is 20.1 Å². The average Bonchev–Trinajstić information content (AvgIpc) is 3.32. The lowest BCUT2D eigenvalue weighted by Crippen LogP contribution is -2.58. The van der Waals surface area contributed by atoms with Crippen molar-refractivity contribution in [2.24, 2.45) is 0 Å². The van der Waals surface area contributed by atoms with Crippen LogP contribution in [0, 0.1) is 0 Å². The Morgan fingerprint density at radius 2 is 1.80 bits per heavy atom. The molecule has 3 N–H and O–H groups in total. The number of ether oxygens (including phenoxy) is 2. The third-order valence-corrected chi connectivity index (χ3v) is 11.9. The molecule has 1 saturated heterocycles. The highest BCUT2D eigenvalue weighted by Crippen LogP contribution is 2.93. The van der Waals surface area contributed by atoms with E-state index in [-0.39, 0.29) is 45.0 Å². The van der Waals surface area contributed by atoms with Crippen molar-refractivity contribution in [2.75, 3.05) is 45.6 Å². The molecule has 15 heteroatoms. The van der Waals surface area contributed by atoms with Crippen LogP contribution in [0.4, 0.5) is 18.3 Å². The fourth-order valence-corrected chi connectivity index (χ4v) is 7.70. The fraction of sp³-hybridized carbons (Fsp3) is 0.379. The zero-order valence-corrected chi connectivity index (χ0v) is 25.1. The second kappa shape index (κ2) is 11.8. The lowest BCUT2D eigenvalue weighted by molar-refractivity contribution is -0.138. The van der Waals surface area contributed by atoms with E-state index in [4.69, 9.17) is 9.47 Å². The smallest absolute Gasteiger partial charge is 0.409 e. The van der Waals surface area contributed by atoms with Gasteiger partial charge >= 0.3 is 17.4 Å². The molecular weight excluding hydrogens is 599 g/mol. The Morgan fingerprint density at radius 3 is 2.45 bits per heavy atom. The highest BCUT2D eigenvalue weighted by Gasteiger charge is 2.69. The second-order valence-electron chi connectivity index (χ2n) is 10.9. The molecule has 1 fully saturated rings. The first kappa shape index (κ1) is 32.3. The minimum Gasteiger partial charge on any atom is -0.489 e. The maximum Gasteiger partial charge on any atom is 0.409 e. The predicted octanol–water partition coefficient (Wildman–Crippen LogP) is 4.34. The van der Waals surface area contributed by atoms with Crippen LogP contribution in [0.3, 0.4) is 0 Å². The summed E-state index contributed by atoms with van der Waals surface area (Å²) in [6.45, 7) is 1.91. The number of hydrogen-bond donors (Lipinski definition) is 3. The van der Waals surface area contributed by atoms with Crippen LogP contribution in [0.1, 0.15) is 19.8 Å². The van der Waals surface area contributed by atoms with E-state index in [1.54, 1.807) is 37.4 Å². The van der Waals surface area contributed by atoms with Gasteiger partial charge in [0.25, 0.3) is 5.24 Å². The summed E-state index contributed by atoms with van der Waals surface area (Å²) in [5, 5.41) is 20.4. The first-order chi connectivity index (χ1) is 20.7. The Hall–Kier alpha value is -4.66. The lowest BCUT2D eigenvalue weighted by Gasteiger charge is -2.57. The summed E-state index contributed by atoms with van der Waals surface area (Å²) in [6.07, 6.45) is 1.96. The number of benzene rings is 1. The van der Waals surface area contributed by atoms with Crippen molar-refractivity contribution in [3.63, 3.8) is 0 Å². The number of nitrogens with zero attached hydrogens (tertiary/aromatic N) is 3. The highest BCUT2D eigenvalue weighted by molar-refractivity contribution is 8.83. The first-order valence-corrected chi connectivity index (χ1v) is 16.7. The number of carbonyl (C=O) groups excluding carboxylic acids is 3. The predicted molar refractivity (Wildman–Crippen MR) is 161 cm³/mol. The largest absolute Gasteiger partial charge is 0.489 e. The van der Waals surface area contributed by atoms with Gasteiger partial charge < -0.3 is 34.8 Å². The van der Waals surface area contributed by atoms with E-state index in [2.05, 4.69) is 10.3 Å². The normalized spacial score (nSPS) is 20.2. The summed E-state index contributed by atoms with van der Waals surface area (Å²) >= 11 is 0. The third-order valence-electron chi connectivity index (χ3n) is 7.61. The molecule has 238 valence electrons. The van der Waals surface area contributed by atoms with Gasteiger partial charge in [0.2, 0.25) is 5.91 Å². The van der Waals surface area contributed by atoms with E-state index in [0.717, 1.165) is 16.9 Å². The molecule has 0 spiro atoms. The number of rotatable bonds is 9. The van der Waals surface area contributed by atoms with E-state index in [0.29, 0.717) is 22.9 Å². The molecule has 13 nitrogen and oxygen atoms in total. The summed E-state index contributed by atoms with van der Waals surface area (Å²) < 4.78 is 28.1. The number of amides is 3. The Labute approximate surface area is 251 Å². The van der Waals surface area contributed by atoms with Crippen LogP contribution < -0.4 is 10.1 Å². The Bertz CT molecular complexity index is 1590. The van der Waals surface area contributed by atoms with Crippen LogP contribution in [0.15, 0.2) is 59.0 Å². The van der Waals surface area contributed by atoms with E-state index >= 15 is 3.89 Å². The summed E-state index contributed by atoms with van der Waals surface area (Å²) in [7, 11) is -6.43. The quantitative estimate of drug-likeness (QED) is 0.360. The van der Waals surface area contributed by atoms with E-state index in [1.807, 2.05) is 6.07 Å². The van der Waals surface area contributed by atoms with Gasteiger partial charge in [0, 0.05) is 58.9 Å². The van der Waals surface area contributed by atoms with Gasteiger partial charge in [-0.1, -0.05) is 6.07 Å². The van der Waals surface area contributed by atoms with Crippen LogP contribution in [0.5, 0.6) is 5.75 Å². The second-order valence-corrected chi connectivity index (χ2v) is 16.3. The summed E-state index contributed by atoms with van der Waals surface area (Å²) in [5.74, 6) is -1.60. The molecule has 1 atom stereocenters. The van der Waals surface area contributed by atoms with Crippen molar-refractivity contribution in [2.45, 2.75) is 25.8 Å². The van der Waals surface area contributed by atoms with Crippen molar-refractivity contribution >= 4 is 48.1 Å². The summed E-state index contributed by atoms with van der Waals surface area (Å²) in [5.41, 5.74) is 0.736. The van der Waals surface area contributed by atoms with Crippen LogP contribution in [-0.2, 0) is 14.3 Å². The minimum absolute atomic E-state index is 0.0492. The SMILES string of the molecule is CCOC(=O)N1CCN(C(=O)C(CCC(=O)O)NC(=O)S2(C)(F)(C(=O)O)C=CC(COc3ccc4cccnc4c3)=C2)CC1. The molecule has 3 amide bonds. The van der Waals surface area contributed by atoms with Crippen LogP contribution >= 0.6 is 8.68 Å². The molecule has 1 unspecified atom stereocenters. The van der Waals surface area contributed by atoms with Crippen LogP contribution in [-0.4, -0.2) is 105 Å². The lowest BCUT2D eigenvalue weighted by atomic mass is 10.1. The molecule has 1 aromatic heterocycles. The molecule has 0 bridgehead atoms. The Balaban J connectivity index is 1.53. The number of aromatic nitrogens is 1. The Kier molecular flexibility index (Phi) is 8.64. The number of halogens is 1. The van der Waals surface area contributed by atoms with Gasteiger partial charge in [0.1, 0.15) is 18.4 Å². The van der Waals surface area contributed by atoms with Crippen molar-refractivity contribution in [3.05, 3.63) is 59.0 Å². The molecular formula is C29H35FN4O9S. The van der Waals surface area contributed by atoms with Gasteiger partial charge in [0.05, 0.1) is 12.1 Å². The minimum atomic E-state index is -6.43. The zero-order valence-electron chi connectivity index (χ0n) is 24.3. The third kappa shape index (κ3) is 6.18. The number of carboxylic acids is 1. The van der Waals surface area contributed by atoms with Gasteiger partial charge in [-0.3, -0.25) is 19.4 Å². The number of carbonyl (C=O) groups is 5. The highest BCUT2D eigenvalue weighted by atomic mass is 32.4. The van der Waals surface area contributed by atoms with Crippen molar-refractivity contribution in [3.8, 4) is 5.75 Å². The monoisotopic (exact) mass is 634 g/mol. The topological polar surface area (TPSA) is 176 Å².